The van der Waals surface area contributed by atoms with Crippen LogP contribution in [0.3, 0.4) is 0 Å². The third kappa shape index (κ3) is 6.34. The lowest BCUT2D eigenvalue weighted by atomic mass is 9.95. The van der Waals surface area contributed by atoms with E-state index in [1.165, 1.54) is 0 Å². The molecule has 0 radical (unpaired) electrons. The van der Waals surface area contributed by atoms with Crippen LogP contribution in [0.25, 0.3) is 0 Å². The Kier molecular flexibility index (Phi) is 7.66. The first-order valence-electron chi connectivity index (χ1n) is 5.50. The molecule has 0 spiro atoms. The first kappa shape index (κ1) is 16.0. The van der Waals surface area contributed by atoms with Crippen molar-refractivity contribution < 1.29 is 29.3 Å². The molecule has 0 fully saturated rings. The van der Waals surface area contributed by atoms with Crippen LogP contribution in [0.2, 0.25) is 0 Å². The maximum absolute atomic E-state index is 11.1. The predicted octanol–water partition coefficient (Wildman–Crippen LogP) is 1.85. The van der Waals surface area contributed by atoms with Gasteiger partial charge in [0.25, 0.3) is 0 Å². The molecule has 0 aromatic heterocycles. The van der Waals surface area contributed by atoms with E-state index in [2.05, 4.69) is 0 Å². The predicted molar refractivity (Wildman–Crippen MR) is 61.1 cm³/mol. The van der Waals surface area contributed by atoms with E-state index < -0.39 is 31.5 Å². The number of carboxylic acids is 2. The van der Waals surface area contributed by atoms with E-state index in [1.807, 2.05) is 6.92 Å². The number of carbonyl (C=O) groups is 2. The monoisotopic (exact) mass is 265 g/mol. The Morgan fingerprint density at radius 2 is 1.82 bits per heavy atom. The molecule has 3 unspecified atom stereocenters. The summed E-state index contributed by atoms with van der Waals surface area (Å²) in [6.45, 7) is 1.90. The second-order valence-electron chi connectivity index (χ2n) is 3.89. The molecule has 0 aliphatic carbocycles. The summed E-state index contributed by atoms with van der Waals surface area (Å²) in [6.07, 6.45) is 1.37. The molecule has 0 aliphatic heterocycles. The summed E-state index contributed by atoms with van der Waals surface area (Å²) in [5, 5.41) is 17.5. The highest BCUT2D eigenvalue weighted by molar-refractivity contribution is 7.39. The molecule has 0 aliphatic rings. The Morgan fingerprint density at radius 1 is 1.24 bits per heavy atom. The van der Waals surface area contributed by atoms with Crippen molar-refractivity contribution in [3.05, 3.63) is 0 Å². The van der Waals surface area contributed by atoms with Crippen molar-refractivity contribution in [2.75, 3.05) is 0 Å². The minimum Gasteiger partial charge on any atom is -0.481 e. The molecule has 3 N–H and O–H groups in total. The Balaban J connectivity index is 4.64. The van der Waals surface area contributed by atoms with Gasteiger partial charge in [0.15, 0.2) is 0 Å². The van der Waals surface area contributed by atoms with E-state index in [0.717, 1.165) is 6.42 Å². The van der Waals surface area contributed by atoms with Crippen molar-refractivity contribution >= 4 is 20.0 Å². The van der Waals surface area contributed by atoms with Gasteiger partial charge >= 0.3 is 20.0 Å². The molecule has 0 saturated carbocycles. The van der Waals surface area contributed by atoms with Crippen LogP contribution >= 0.6 is 8.03 Å². The van der Waals surface area contributed by atoms with Crippen molar-refractivity contribution in [3.63, 3.8) is 0 Å². The highest BCUT2D eigenvalue weighted by atomic mass is 31.1. The molecule has 17 heavy (non-hydrogen) atoms. The average molecular weight is 265 g/mol. The van der Waals surface area contributed by atoms with Crippen molar-refractivity contribution in [2.24, 2.45) is 5.92 Å². The second-order valence-corrected chi connectivity index (χ2v) is 5.16. The van der Waals surface area contributed by atoms with Gasteiger partial charge < -0.3 is 10.2 Å². The fraction of sp³-hybridized carbons (Fsp3) is 0.800. The molecule has 3 atom stereocenters. The molecule has 0 amide bonds. The van der Waals surface area contributed by atoms with Gasteiger partial charge in [-0.05, 0) is 23.8 Å². The van der Waals surface area contributed by atoms with Gasteiger partial charge in [0.05, 0.1) is 0 Å². The van der Waals surface area contributed by atoms with Crippen molar-refractivity contribution in [2.45, 2.75) is 44.7 Å². The Hall–Kier alpha value is -1.00. The molecular formula is C10H18O6P+. The summed E-state index contributed by atoms with van der Waals surface area (Å²) >= 11 is 0. The summed E-state index contributed by atoms with van der Waals surface area (Å²) in [7, 11) is -2.60. The van der Waals surface area contributed by atoms with Crippen LogP contribution in [0, 0.1) is 5.92 Å². The molecule has 0 bridgehead atoms. The van der Waals surface area contributed by atoms with Gasteiger partial charge in [-0.25, -0.2) is 0 Å². The lowest BCUT2D eigenvalue weighted by molar-refractivity contribution is -0.143. The third-order valence-electron chi connectivity index (χ3n) is 2.59. The van der Waals surface area contributed by atoms with Gasteiger partial charge in [-0.3, -0.25) is 9.59 Å². The number of rotatable bonds is 9. The maximum atomic E-state index is 11.1. The highest BCUT2D eigenvalue weighted by Gasteiger charge is 2.41. The third-order valence-corrected chi connectivity index (χ3v) is 3.77. The Morgan fingerprint density at radius 3 is 2.18 bits per heavy atom. The summed E-state index contributed by atoms with van der Waals surface area (Å²) in [5.74, 6) is -3.37. The molecule has 6 nitrogen and oxygen atoms in total. The molecule has 7 heteroatoms. The normalized spacial score (nSPS) is 15.1. The minimum atomic E-state index is -2.60. The lowest BCUT2D eigenvalue weighted by Crippen LogP contribution is -2.26. The standard InChI is InChI=1S/C10H17O6P/c1-2-3-4-8(17(15)16)7(10(13)14)5-6-9(11)12/h7-8H,2-6H2,1H3,(H2-,11,12,13,14,15,16)/p+1. The Labute approximate surface area is 101 Å². The molecule has 0 aromatic carbocycles. The number of aliphatic carboxylic acids is 2. The molecular weight excluding hydrogens is 247 g/mol. The smallest absolute Gasteiger partial charge is 0.481 e. The van der Waals surface area contributed by atoms with Gasteiger partial charge in [-0.2, -0.15) is 4.89 Å². The van der Waals surface area contributed by atoms with Gasteiger partial charge in [0, 0.05) is 6.42 Å². The van der Waals surface area contributed by atoms with E-state index in [9.17, 15) is 14.2 Å². The number of hydrogen-bond acceptors (Lipinski definition) is 3. The fourth-order valence-electron chi connectivity index (χ4n) is 1.64. The van der Waals surface area contributed by atoms with E-state index in [-0.39, 0.29) is 12.8 Å². The van der Waals surface area contributed by atoms with Crippen LogP contribution in [0.5, 0.6) is 0 Å². The molecule has 98 valence electrons. The van der Waals surface area contributed by atoms with Crippen molar-refractivity contribution in [1.29, 1.82) is 0 Å². The number of carboxylic acid groups (broad SMARTS) is 2. The van der Waals surface area contributed by atoms with Crippen molar-refractivity contribution in [3.8, 4) is 0 Å². The number of hydrogen-bond donors (Lipinski definition) is 3. The lowest BCUT2D eigenvalue weighted by Gasteiger charge is -2.13. The fourth-order valence-corrected chi connectivity index (χ4v) is 2.63. The molecule has 0 saturated heterocycles. The SMILES string of the molecule is CCCCC(C(CCC(=O)O)C(=O)O)[P+](=O)O. The molecule has 0 rings (SSSR count). The zero-order valence-electron chi connectivity index (χ0n) is 9.70. The first-order valence-corrected chi connectivity index (χ1v) is 6.78. The quantitative estimate of drug-likeness (QED) is 0.548. The van der Waals surface area contributed by atoms with E-state index in [1.54, 1.807) is 0 Å². The first-order chi connectivity index (χ1) is 7.90. The minimum absolute atomic E-state index is 0.110. The van der Waals surface area contributed by atoms with Gasteiger partial charge in [0.1, 0.15) is 5.92 Å². The van der Waals surface area contributed by atoms with Gasteiger partial charge in [0.2, 0.25) is 5.66 Å². The highest BCUT2D eigenvalue weighted by Crippen LogP contribution is 2.35. The Bertz CT molecular complexity index is 291. The van der Waals surface area contributed by atoms with Gasteiger partial charge in [-0.15, -0.1) is 0 Å². The zero-order chi connectivity index (χ0) is 13.4. The van der Waals surface area contributed by atoms with Gasteiger partial charge in [-0.1, -0.05) is 13.3 Å². The van der Waals surface area contributed by atoms with Crippen LogP contribution < -0.4 is 0 Å². The summed E-state index contributed by atoms with van der Waals surface area (Å²) in [5.41, 5.74) is -0.859. The van der Waals surface area contributed by atoms with E-state index in [4.69, 9.17) is 15.1 Å². The number of unbranched alkanes of at least 4 members (excludes halogenated alkanes) is 1. The summed E-state index contributed by atoms with van der Waals surface area (Å²) in [6, 6.07) is 0. The molecule has 0 aromatic rings. The largest absolute Gasteiger partial charge is 0.509 e. The van der Waals surface area contributed by atoms with Crippen LogP contribution in [0.1, 0.15) is 39.0 Å². The topological polar surface area (TPSA) is 112 Å². The average Bonchev–Trinajstić information content (AvgIpc) is 2.21. The van der Waals surface area contributed by atoms with Crippen LogP contribution in [-0.2, 0) is 14.2 Å². The summed E-state index contributed by atoms with van der Waals surface area (Å²) in [4.78, 5) is 30.5. The van der Waals surface area contributed by atoms with Crippen LogP contribution in [0.4, 0.5) is 0 Å². The van der Waals surface area contributed by atoms with E-state index >= 15 is 0 Å². The van der Waals surface area contributed by atoms with E-state index in [0.29, 0.717) is 12.8 Å². The van der Waals surface area contributed by atoms with Crippen molar-refractivity contribution in [1.82, 2.24) is 0 Å². The van der Waals surface area contributed by atoms with Crippen LogP contribution in [0.15, 0.2) is 0 Å². The van der Waals surface area contributed by atoms with Crippen LogP contribution in [-0.4, -0.2) is 32.7 Å². The second kappa shape index (κ2) is 8.14. The molecule has 0 heterocycles. The summed E-state index contributed by atoms with van der Waals surface area (Å²) < 4.78 is 11.1. The zero-order valence-corrected chi connectivity index (χ0v) is 10.6. The maximum Gasteiger partial charge on any atom is 0.509 e.